The molecule has 3 aromatic rings. The second-order valence-electron chi connectivity index (χ2n) is 6.30. The van der Waals surface area contributed by atoms with E-state index >= 15 is 0 Å². The molecular weight excluding hydrogens is 451 g/mol. The van der Waals surface area contributed by atoms with Crippen LogP contribution < -0.4 is 14.3 Å². The molecule has 2 aromatic carbocycles. The predicted octanol–water partition coefficient (Wildman–Crippen LogP) is 3.84. The topological polar surface area (TPSA) is 79.1 Å². The lowest BCUT2D eigenvalue weighted by Crippen LogP contribution is -2.37. The van der Waals surface area contributed by atoms with Gasteiger partial charge in [0.15, 0.2) is 16.3 Å². The van der Waals surface area contributed by atoms with Gasteiger partial charge in [-0.1, -0.05) is 46.7 Å². The maximum absolute atomic E-state index is 12.8. The summed E-state index contributed by atoms with van der Waals surface area (Å²) in [5, 5.41) is 0.605. The summed E-state index contributed by atoms with van der Waals surface area (Å²) in [7, 11) is 0. The van der Waals surface area contributed by atoms with E-state index in [0.717, 1.165) is 4.70 Å². The largest absolute Gasteiger partial charge is 0.485 e. The predicted molar refractivity (Wildman–Crippen MR) is 113 cm³/mol. The molecule has 0 spiro atoms. The molecule has 1 amide bonds. The highest BCUT2D eigenvalue weighted by Gasteiger charge is 2.27. The Bertz CT molecular complexity index is 1200. The Kier molecular flexibility index (Phi) is 5.99. The van der Waals surface area contributed by atoms with Gasteiger partial charge >= 0.3 is 5.97 Å². The number of amides is 1. The number of aromatic nitrogens is 1. The van der Waals surface area contributed by atoms with Crippen LogP contribution in [0.4, 0.5) is 0 Å². The van der Waals surface area contributed by atoms with Gasteiger partial charge in [0.1, 0.15) is 13.2 Å². The number of fused-ring (bicyclic) bond motifs is 2. The molecule has 0 fully saturated rings. The second kappa shape index (κ2) is 8.67. The number of benzene rings is 2. The summed E-state index contributed by atoms with van der Waals surface area (Å²) >= 11 is 13.7. The first-order chi connectivity index (χ1) is 14.5. The Morgan fingerprint density at radius 1 is 1.23 bits per heavy atom. The van der Waals surface area contributed by atoms with Crippen molar-refractivity contribution in [3.8, 4) is 11.5 Å². The third kappa shape index (κ3) is 4.03. The fourth-order valence-corrected chi connectivity index (χ4v) is 4.50. The first-order valence-electron chi connectivity index (χ1n) is 9.08. The van der Waals surface area contributed by atoms with Crippen LogP contribution in [-0.4, -0.2) is 35.8 Å². The average molecular weight is 467 g/mol. The van der Waals surface area contributed by atoms with Crippen LogP contribution in [0.15, 0.2) is 41.4 Å². The van der Waals surface area contributed by atoms with Crippen LogP contribution in [0.3, 0.4) is 0 Å². The normalized spacial score (nSPS) is 16.0. The number of halogens is 2. The van der Waals surface area contributed by atoms with Gasteiger partial charge in [0.05, 0.1) is 26.9 Å². The third-order valence-corrected chi connectivity index (χ3v) is 6.15. The van der Waals surface area contributed by atoms with Gasteiger partial charge in [-0.2, -0.15) is 4.99 Å². The van der Waals surface area contributed by atoms with E-state index in [0.29, 0.717) is 22.0 Å². The van der Waals surface area contributed by atoms with Crippen LogP contribution in [0, 0.1) is 0 Å². The van der Waals surface area contributed by atoms with Crippen LogP contribution in [0.2, 0.25) is 10.0 Å². The van der Waals surface area contributed by atoms with Gasteiger partial charge in [-0.25, -0.2) is 0 Å². The number of esters is 1. The molecule has 1 aliphatic rings. The molecule has 1 aliphatic heterocycles. The van der Waals surface area contributed by atoms with Gasteiger partial charge in [-0.3, -0.25) is 9.59 Å². The van der Waals surface area contributed by atoms with Crippen LogP contribution in [0.5, 0.6) is 11.5 Å². The van der Waals surface area contributed by atoms with Crippen molar-refractivity contribution in [2.75, 3.05) is 13.2 Å². The van der Waals surface area contributed by atoms with Crippen molar-refractivity contribution in [2.24, 2.45) is 4.99 Å². The maximum Gasteiger partial charge on any atom is 0.326 e. The molecule has 156 valence electrons. The average Bonchev–Trinajstić information content (AvgIpc) is 3.08. The minimum Gasteiger partial charge on any atom is -0.485 e. The van der Waals surface area contributed by atoms with Gasteiger partial charge < -0.3 is 18.8 Å². The molecule has 30 heavy (non-hydrogen) atoms. The third-order valence-electron chi connectivity index (χ3n) is 4.32. The van der Waals surface area contributed by atoms with E-state index in [4.69, 9.17) is 37.4 Å². The zero-order chi connectivity index (χ0) is 21.3. The minimum absolute atomic E-state index is 0.0364. The maximum atomic E-state index is 12.8. The monoisotopic (exact) mass is 466 g/mol. The number of para-hydroxylation sites is 2. The number of carbonyl (C=O) groups excluding carboxylic acids is 2. The first-order valence-corrected chi connectivity index (χ1v) is 10.6. The number of thiazole rings is 1. The molecule has 0 bridgehead atoms. The van der Waals surface area contributed by atoms with E-state index in [1.165, 1.54) is 15.9 Å². The summed E-state index contributed by atoms with van der Waals surface area (Å²) in [6.45, 7) is 1.82. The van der Waals surface area contributed by atoms with Crippen LogP contribution in [-0.2, 0) is 20.9 Å². The molecule has 0 saturated carbocycles. The zero-order valence-electron chi connectivity index (χ0n) is 15.8. The highest BCUT2D eigenvalue weighted by molar-refractivity contribution is 7.16. The Labute approximate surface area is 185 Å². The number of ether oxygens (including phenoxy) is 3. The standard InChI is InChI=1S/C20H16Cl2N2O5S/c1-2-27-16(25)9-24-18-15(8-7-11(21)17(18)22)30-20(24)23-19(26)14-10-28-12-5-3-4-6-13(12)29-14/h3-8,14H,2,9-10H2,1H3. The Balaban J connectivity index is 1.74. The van der Waals surface area contributed by atoms with Gasteiger partial charge in [0.25, 0.3) is 5.91 Å². The van der Waals surface area contributed by atoms with Crippen molar-refractivity contribution in [1.29, 1.82) is 0 Å². The molecular formula is C20H16Cl2N2O5S. The quantitative estimate of drug-likeness (QED) is 0.545. The number of rotatable bonds is 4. The smallest absolute Gasteiger partial charge is 0.326 e. The van der Waals surface area contributed by atoms with E-state index in [2.05, 4.69) is 4.99 Å². The number of nitrogens with zero attached hydrogens (tertiary/aromatic N) is 2. The Hall–Kier alpha value is -2.55. The second-order valence-corrected chi connectivity index (χ2v) is 8.09. The molecule has 2 heterocycles. The van der Waals surface area contributed by atoms with E-state index < -0.39 is 18.0 Å². The van der Waals surface area contributed by atoms with Crippen molar-refractivity contribution in [2.45, 2.75) is 19.6 Å². The lowest BCUT2D eigenvalue weighted by molar-refractivity contribution is -0.143. The van der Waals surface area contributed by atoms with Crippen LogP contribution >= 0.6 is 34.5 Å². The SMILES string of the molecule is CCOC(=O)Cn1c(=NC(=O)C2COc3ccccc3O2)sc2ccc(Cl)c(Cl)c21. The molecule has 0 aliphatic carbocycles. The van der Waals surface area contributed by atoms with E-state index in [-0.39, 0.29) is 29.6 Å². The van der Waals surface area contributed by atoms with E-state index in [1.54, 1.807) is 37.3 Å². The fourth-order valence-electron chi connectivity index (χ4n) is 2.98. The van der Waals surface area contributed by atoms with E-state index in [9.17, 15) is 9.59 Å². The van der Waals surface area contributed by atoms with Gasteiger partial charge in [-0.05, 0) is 31.2 Å². The molecule has 1 atom stereocenters. The molecule has 0 radical (unpaired) electrons. The molecule has 7 nitrogen and oxygen atoms in total. The summed E-state index contributed by atoms with van der Waals surface area (Å²) < 4.78 is 18.6. The summed E-state index contributed by atoms with van der Waals surface area (Å²) in [5.41, 5.74) is 0.514. The van der Waals surface area contributed by atoms with Gasteiger partial charge in [0, 0.05) is 0 Å². The summed E-state index contributed by atoms with van der Waals surface area (Å²) in [6.07, 6.45) is -0.903. The Morgan fingerprint density at radius 2 is 2.00 bits per heavy atom. The van der Waals surface area contributed by atoms with E-state index in [1.807, 2.05) is 6.07 Å². The number of hydrogen-bond acceptors (Lipinski definition) is 6. The molecule has 0 N–H and O–H groups in total. The molecule has 10 heteroatoms. The van der Waals surface area contributed by atoms with Crippen molar-refractivity contribution in [3.05, 3.63) is 51.2 Å². The molecule has 0 saturated heterocycles. The highest BCUT2D eigenvalue weighted by Crippen LogP contribution is 2.33. The van der Waals surface area contributed by atoms with Gasteiger partial charge in [0.2, 0.25) is 6.10 Å². The lowest BCUT2D eigenvalue weighted by Gasteiger charge is -2.23. The summed E-state index contributed by atoms with van der Waals surface area (Å²) in [4.78, 5) is 29.4. The highest BCUT2D eigenvalue weighted by atomic mass is 35.5. The number of carbonyl (C=O) groups is 2. The molecule has 1 unspecified atom stereocenters. The van der Waals surface area contributed by atoms with Crippen LogP contribution in [0.1, 0.15) is 6.92 Å². The van der Waals surface area contributed by atoms with Gasteiger partial charge in [-0.15, -0.1) is 0 Å². The van der Waals surface area contributed by atoms with Crippen molar-refractivity contribution in [3.63, 3.8) is 0 Å². The van der Waals surface area contributed by atoms with Crippen LogP contribution in [0.25, 0.3) is 10.2 Å². The molecule has 4 rings (SSSR count). The first kappa shape index (κ1) is 20.7. The minimum atomic E-state index is -0.903. The van der Waals surface area contributed by atoms with Crippen molar-refractivity contribution < 1.29 is 23.8 Å². The van der Waals surface area contributed by atoms with Crippen molar-refractivity contribution in [1.82, 2.24) is 4.57 Å². The Morgan fingerprint density at radius 3 is 2.77 bits per heavy atom. The molecule has 1 aromatic heterocycles. The number of hydrogen-bond donors (Lipinski definition) is 0. The summed E-state index contributed by atoms with van der Waals surface area (Å²) in [6, 6.07) is 10.5. The lowest BCUT2D eigenvalue weighted by atomic mass is 10.2. The van der Waals surface area contributed by atoms with Crippen molar-refractivity contribution >= 4 is 56.6 Å². The summed E-state index contributed by atoms with van der Waals surface area (Å²) in [5.74, 6) is 0.0364. The fraction of sp³-hybridized carbons (Fsp3) is 0.250. The zero-order valence-corrected chi connectivity index (χ0v) is 18.1.